The standard InChI is InChI=1S/C16H20N2O3S3/c1-12-17-13(9-22-12)14-3-4-15(23-14)24(19,20)18-7-2-5-16(10-18)6-8-21-11-16/h3-4,9H,2,5-8,10-11H2,1H3. The van der Waals surface area contributed by atoms with Crippen molar-refractivity contribution < 1.29 is 13.2 Å². The van der Waals surface area contributed by atoms with Gasteiger partial charge in [0.05, 0.1) is 22.2 Å². The average molecular weight is 385 g/mol. The van der Waals surface area contributed by atoms with E-state index < -0.39 is 10.0 Å². The highest BCUT2D eigenvalue weighted by Crippen LogP contribution is 2.40. The van der Waals surface area contributed by atoms with Crippen LogP contribution in [0.4, 0.5) is 0 Å². The molecule has 5 nitrogen and oxygen atoms in total. The van der Waals surface area contributed by atoms with Crippen LogP contribution < -0.4 is 0 Å². The van der Waals surface area contributed by atoms with Crippen LogP contribution in [0.5, 0.6) is 0 Å². The lowest BCUT2D eigenvalue weighted by Crippen LogP contribution is -2.46. The van der Waals surface area contributed by atoms with Crippen LogP contribution in [0.15, 0.2) is 21.7 Å². The van der Waals surface area contributed by atoms with Gasteiger partial charge < -0.3 is 4.74 Å². The fourth-order valence-electron chi connectivity index (χ4n) is 3.54. The van der Waals surface area contributed by atoms with Gasteiger partial charge in [-0.1, -0.05) is 0 Å². The predicted molar refractivity (Wildman–Crippen MR) is 96.0 cm³/mol. The lowest BCUT2D eigenvalue weighted by molar-refractivity contribution is 0.105. The lowest BCUT2D eigenvalue weighted by atomic mass is 9.80. The van der Waals surface area contributed by atoms with E-state index in [0.717, 1.165) is 41.4 Å². The number of ether oxygens (including phenoxy) is 1. The van der Waals surface area contributed by atoms with Crippen LogP contribution in [0, 0.1) is 12.3 Å². The number of thiazole rings is 1. The third-order valence-corrected chi connectivity index (χ3v) is 9.05. The van der Waals surface area contributed by atoms with Crippen molar-refractivity contribution in [2.45, 2.75) is 30.4 Å². The smallest absolute Gasteiger partial charge is 0.252 e. The summed E-state index contributed by atoms with van der Waals surface area (Å²) in [6, 6.07) is 3.58. The van der Waals surface area contributed by atoms with Gasteiger partial charge >= 0.3 is 0 Å². The van der Waals surface area contributed by atoms with Crippen LogP contribution in [-0.4, -0.2) is 44.0 Å². The zero-order chi connectivity index (χ0) is 16.8. The van der Waals surface area contributed by atoms with Gasteiger partial charge in [-0.05, 0) is 38.3 Å². The molecular weight excluding hydrogens is 364 g/mol. The van der Waals surface area contributed by atoms with Crippen LogP contribution in [0.2, 0.25) is 0 Å². The first kappa shape index (κ1) is 16.7. The number of nitrogens with zero attached hydrogens (tertiary/aromatic N) is 2. The highest BCUT2D eigenvalue weighted by molar-refractivity contribution is 7.91. The monoisotopic (exact) mass is 384 g/mol. The van der Waals surface area contributed by atoms with Gasteiger partial charge in [-0.2, -0.15) is 4.31 Å². The largest absolute Gasteiger partial charge is 0.381 e. The molecule has 0 aliphatic carbocycles. The molecule has 0 bridgehead atoms. The first-order chi connectivity index (χ1) is 11.5. The van der Waals surface area contributed by atoms with Gasteiger partial charge in [0.1, 0.15) is 4.21 Å². The molecule has 2 aromatic rings. The molecule has 2 saturated heterocycles. The van der Waals surface area contributed by atoms with Crippen molar-refractivity contribution in [2.75, 3.05) is 26.3 Å². The molecule has 0 aromatic carbocycles. The zero-order valence-electron chi connectivity index (χ0n) is 13.5. The first-order valence-electron chi connectivity index (χ1n) is 8.09. The number of rotatable bonds is 3. The van der Waals surface area contributed by atoms with Crippen molar-refractivity contribution in [2.24, 2.45) is 5.41 Å². The van der Waals surface area contributed by atoms with E-state index in [1.807, 2.05) is 18.4 Å². The Labute approximate surface area is 150 Å². The van der Waals surface area contributed by atoms with Crippen molar-refractivity contribution in [3.8, 4) is 10.6 Å². The van der Waals surface area contributed by atoms with Crippen LogP contribution in [0.1, 0.15) is 24.3 Å². The average Bonchev–Trinajstić information content (AvgIpc) is 3.28. The minimum atomic E-state index is -3.43. The quantitative estimate of drug-likeness (QED) is 0.814. The summed E-state index contributed by atoms with van der Waals surface area (Å²) in [6.45, 7) is 4.58. The zero-order valence-corrected chi connectivity index (χ0v) is 16.0. The summed E-state index contributed by atoms with van der Waals surface area (Å²) in [5.41, 5.74) is 0.889. The summed E-state index contributed by atoms with van der Waals surface area (Å²) in [5.74, 6) is 0. The molecule has 8 heteroatoms. The van der Waals surface area contributed by atoms with Crippen LogP contribution >= 0.6 is 22.7 Å². The van der Waals surface area contributed by atoms with Gasteiger partial charge in [-0.3, -0.25) is 0 Å². The molecule has 0 N–H and O–H groups in total. The van der Waals surface area contributed by atoms with Crippen molar-refractivity contribution in [1.29, 1.82) is 0 Å². The summed E-state index contributed by atoms with van der Waals surface area (Å²) in [7, 11) is -3.43. The van der Waals surface area contributed by atoms with Crippen LogP contribution in [-0.2, 0) is 14.8 Å². The molecule has 130 valence electrons. The van der Waals surface area contributed by atoms with Crippen LogP contribution in [0.25, 0.3) is 10.6 Å². The lowest BCUT2D eigenvalue weighted by Gasteiger charge is -2.38. The Balaban J connectivity index is 1.59. The Morgan fingerprint density at radius 1 is 1.33 bits per heavy atom. The van der Waals surface area contributed by atoms with Gasteiger partial charge in [0.15, 0.2) is 0 Å². The molecule has 24 heavy (non-hydrogen) atoms. The van der Waals surface area contributed by atoms with Crippen molar-refractivity contribution in [3.05, 3.63) is 22.5 Å². The normalized spacial score (nSPS) is 25.5. The first-order valence-corrected chi connectivity index (χ1v) is 11.2. The SMILES string of the molecule is Cc1nc(-c2ccc(S(=O)(=O)N3CCCC4(CCOC4)C3)s2)cs1. The van der Waals surface area contributed by atoms with Gasteiger partial charge in [0, 0.05) is 30.5 Å². The Kier molecular flexibility index (Phi) is 4.29. The predicted octanol–water partition coefficient (Wildman–Crippen LogP) is 3.37. The molecule has 2 aliphatic heterocycles. The molecule has 1 spiro atoms. The molecule has 1 unspecified atom stereocenters. The van der Waals surface area contributed by atoms with Crippen molar-refractivity contribution in [3.63, 3.8) is 0 Å². The number of thiophene rings is 1. The summed E-state index contributed by atoms with van der Waals surface area (Å²) in [6.07, 6.45) is 2.94. The molecule has 2 aromatic heterocycles. The van der Waals surface area contributed by atoms with E-state index in [2.05, 4.69) is 4.98 Å². The summed E-state index contributed by atoms with van der Waals surface area (Å²) in [5, 5.41) is 2.96. The third kappa shape index (κ3) is 2.94. The number of hydrogen-bond acceptors (Lipinski definition) is 6. The molecule has 2 aliphatic rings. The number of piperidine rings is 1. The summed E-state index contributed by atoms with van der Waals surface area (Å²) < 4.78 is 33.7. The molecule has 0 radical (unpaired) electrons. The summed E-state index contributed by atoms with van der Waals surface area (Å²) >= 11 is 2.89. The minimum absolute atomic E-state index is 0.0252. The molecular formula is C16H20N2O3S3. The number of hydrogen-bond donors (Lipinski definition) is 0. The van der Waals surface area contributed by atoms with E-state index in [0.29, 0.717) is 23.9 Å². The van der Waals surface area contributed by atoms with E-state index in [1.54, 1.807) is 21.7 Å². The Morgan fingerprint density at radius 3 is 2.92 bits per heavy atom. The number of sulfonamides is 1. The molecule has 4 rings (SSSR count). The third-order valence-electron chi connectivity index (χ3n) is 4.86. The maximum atomic E-state index is 13.1. The number of aromatic nitrogens is 1. The van der Waals surface area contributed by atoms with E-state index in [-0.39, 0.29) is 5.41 Å². The Bertz CT molecular complexity index is 834. The van der Waals surface area contributed by atoms with E-state index in [1.165, 1.54) is 11.3 Å². The van der Waals surface area contributed by atoms with E-state index in [4.69, 9.17) is 4.74 Å². The van der Waals surface area contributed by atoms with Crippen molar-refractivity contribution >= 4 is 32.7 Å². The maximum Gasteiger partial charge on any atom is 0.252 e. The van der Waals surface area contributed by atoms with Gasteiger partial charge in [0.25, 0.3) is 10.0 Å². The topological polar surface area (TPSA) is 59.5 Å². The second kappa shape index (κ2) is 6.17. The summed E-state index contributed by atoms with van der Waals surface area (Å²) in [4.78, 5) is 5.36. The maximum absolute atomic E-state index is 13.1. The van der Waals surface area contributed by atoms with Gasteiger partial charge in [-0.15, -0.1) is 22.7 Å². The molecule has 1 atom stereocenters. The fourth-order valence-corrected chi connectivity index (χ4v) is 7.24. The van der Waals surface area contributed by atoms with Crippen LogP contribution in [0.3, 0.4) is 0 Å². The second-order valence-corrected chi connectivity index (χ2v) is 10.9. The minimum Gasteiger partial charge on any atom is -0.381 e. The molecule has 0 amide bonds. The Hall–Kier alpha value is -0.800. The van der Waals surface area contributed by atoms with E-state index >= 15 is 0 Å². The Morgan fingerprint density at radius 2 is 2.21 bits per heavy atom. The van der Waals surface area contributed by atoms with Gasteiger partial charge in [-0.25, -0.2) is 13.4 Å². The molecule has 4 heterocycles. The highest BCUT2D eigenvalue weighted by atomic mass is 32.2. The van der Waals surface area contributed by atoms with Crippen molar-refractivity contribution in [1.82, 2.24) is 9.29 Å². The fraction of sp³-hybridized carbons (Fsp3) is 0.562. The van der Waals surface area contributed by atoms with Gasteiger partial charge in [0.2, 0.25) is 0 Å². The molecule has 0 saturated carbocycles. The second-order valence-electron chi connectivity index (χ2n) is 6.62. The number of aryl methyl sites for hydroxylation is 1. The molecule has 2 fully saturated rings. The highest BCUT2D eigenvalue weighted by Gasteiger charge is 2.42. The van der Waals surface area contributed by atoms with E-state index in [9.17, 15) is 8.42 Å².